The van der Waals surface area contributed by atoms with Crippen LogP contribution in [0.25, 0.3) is 188 Å². The number of aromatic nitrogens is 9. The summed E-state index contributed by atoms with van der Waals surface area (Å²) in [6, 6.07) is 122. The first kappa shape index (κ1) is 62.1. The van der Waals surface area contributed by atoms with Crippen LogP contribution in [0.4, 0.5) is 0 Å². The molecule has 104 heavy (non-hydrogen) atoms. The average Bonchev–Trinajstić information content (AvgIpc) is 0.792. The predicted octanol–water partition coefficient (Wildman–Crippen LogP) is 23.8. The van der Waals surface area contributed by atoms with E-state index in [1.807, 2.05) is 78.9 Å². The van der Waals surface area contributed by atoms with E-state index in [9.17, 15) is 0 Å². The lowest BCUT2D eigenvalue weighted by Crippen LogP contribution is -1.90. The van der Waals surface area contributed by atoms with Gasteiger partial charge in [0.05, 0.1) is 84.3 Å². The Kier molecular flexibility index (Phi) is 16.4. The SMILES string of the molecule is c1ccc(-c2ccc3ccc(-c4ccc5ccc(-c6ccc7ccccc7c6)cc5n4)cc3n2)nc1.c1ccc(-c2ccc3ccc(-c4ccc5ccc(-c6cccc7ccccc67)cc5n4)cc3n2)nc1.c1ccc(-c2ccc3ccc(-c4ccc5ccc(-c6ccccn6)nc5c4)nc3c2)cc1. The molecule has 0 spiro atoms. The van der Waals surface area contributed by atoms with E-state index in [4.69, 9.17) is 29.9 Å². The fourth-order valence-corrected chi connectivity index (χ4v) is 13.6. The van der Waals surface area contributed by atoms with E-state index >= 15 is 0 Å². The van der Waals surface area contributed by atoms with Crippen molar-refractivity contribution in [3.8, 4) is 101 Å². The fourth-order valence-electron chi connectivity index (χ4n) is 13.6. The van der Waals surface area contributed by atoms with Gasteiger partial charge in [0.1, 0.15) is 0 Å². The first-order valence-electron chi connectivity index (χ1n) is 34.7. The summed E-state index contributed by atoms with van der Waals surface area (Å²) >= 11 is 0. The van der Waals surface area contributed by atoms with Crippen LogP contribution < -0.4 is 0 Å². The molecule has 0 aliphatic rings. The predicted molar refractivity (Wildman–Crippen MR) is 428 cm³/mol. The Morgan fingerprint density at radius 3 is 0.875 bits per heavy atom. The summed E-state index contributed by atoms with van der Waals surface area (Å²) in [5, 5.41) is 11.6. The minimum Gasteiger partial charge on any atom is -0.255 e. The standard InChI is InChI=1S/2C33H21N3.C29H19N3/c1-2-8-27-22(6-1)7-5-9-28(27)25-13-11-23-15-17-29(35-32(23)20-25)26-14-12-24-16-18-31(36-33(24)21-26)30-10-3-4-19-34-30;1-2-6-25-19-26(11-8-22(25)5-1)27-12-9-23-14-16-29(35-32(23)20-27)28-13-10-24-15-17-31(36-33(24)21-28)30-7-3-4-18-34-30;1-2-6-20(7-3-1)23-11-9-21-13-15-25(31-28(21)18-23)24-12-10-22-14-16-27(32-29(22)19-24)26-8-4-5-17-30-26/h2*1-21H;1-19H. The first-order chi connectivity index (χ1) is 51.4. The van der Waals surface area contributed by atoms with Gasteiger partial charge in [-0.3, -0.25) is 15.0 Å². The van der Waals surface area contributed by atoms with Gasteiger partial charge in [-0.1, -0.05) is 237 Å². The van der Waals surface area contributed by atoms with E-state index in [0.29, 0.717) is 0 Å². The zero-order valence-corrected chi connectivity index (χ0v) is 56.2. The van der Waals surface area contributed by atoms with Crippen molar-refractivity contribution in [1.82, 2.24) is 44.9 Å². The second kappa shape index (κ2) is 27.5. The van der Waals surface area contributed by atoms with Crippen LogP contribution >= 0.6 is 0 Å². The highest BCUT2D eigenvalue weighted by Gasteiger charge is 2.14. The van der Waals surface area contributed by atoms with Crippen LogP contribution in [0, 0.1) is 0 Å². The lowest BCUT2D eigenvalue weighted by Gasteiger charge is -2.09. The summed E-state index contributed by atoms with van der Waals surface area (Å²) in [7, 11) is 0. The quantitative estimate of drug-likeness (QED) is 0.139. The molecule has 0 radical (unpaired) electrons. The summed E-state index contributed by atoms with van der Waals surface area (Å²) in [5.41, 5.74) is 24.0. The number of hydrogen-bond acceptors (Lipinski definition) is 9. The molecule has 486 valence electrons. The van der Waals surface area contributed by atoms with Crippen molar-refractivity contribution in [1.29, 1.82) is 0 Å². The van der Waals surface area contributed by atoms with Crippen molar-refractivity contribution in [2.24, 2.45) is 0 Å². The number of pyridine rings is 9. The van der Waals surface area contributed by atoms with Crippen LogP contribution in [0.3, 0.4) is 0 Å². The lowest BCUT2D eigenvalue weighted by molar-refractivity contribution is 1.28. The zero-order valence-electron chi connectivity index (χ0n) is 56.2. The molecule has 20 rings (SSSR count). The minimum atomic E-state index is 0.867. The van der Waals surface area contributed by atoms with Gasteiger partial charge < -0.3 is 0 Å². The second-order valence-corrected chi connectivity index (χ2v) is 25.7. The first-order valence-corrected chi connectivity index (χ1v) is 34.7. The average molecular weight is 1330 g/mol. The molecule has 0 amide bonds. The second-order valence-electron chi connectivity index (χ2n) is 25.7. The molecule has 0 fully saturated rings. The number of benzene rings is 11. The molecule has 9 heterocycles. The van der Waals surface area contributed by atoms with Crippen LogP contribution in [0.2, 0.25) is 0 Å². The molecule has 0 saturated carbocycles. The van der Waals surface area contributed by atoms with Crippen molar-refractivity contribution < 1.29 is 0 Å². The Morgan fingerprint density at radius 2 is 0.442 bits per heavy atom. The molecule has 0 saturated heterocycles. The van der Waals surface area contributed by atoms with Gasteiger partial charge in [-0.15, -0.1) is 0 Å². The lowest BCUT2D eigenvalue weighted by atomic mass is 9.97. The molecular weight excluding hydrogens is 1270 g/mol. The smallest absolute Gasteiger partial charge is 0.0893 e. The third-order valence-electron chi connectivity index (χ3n) is 19.1. The molecule has 0 aliphatic carbocycles. The van der Waals surface area contributed by atoms with Crippen molar-refractivity contribution in [2.45, 2.75) is 0 Å². The van der Waals surface area contributed by atoms with E-state index in [1.54, 1.807) is 18.6 Å². The molecule has 0 aliphatic heterocycles. The summed E-state index contributed by atoms with van der Waals surface area (Å²) in [4.78, 5) is 43.0. The maximum absolute atomic E-state index is 5.06. The summed E-state index contributed by atoms with van der Waals surface area (Å²) in [6.07, 6.45) is 5.38. The monoisotopic (exact) mass is 1330 g/mol. The maximum atomic E-state index is 5.06. The highest BCUT2D eigenvalue weighted by atomic mass is 14.8. The number of fused-ring (bicyclic) bond motifs is 8. The van der Waals surface area contributed by atoms with Gasteiger partial charge in [0, 0.05) is 67.6 Å². The van der Waals surface area contributed by atoms with Crippen molar-refractivity contribution in [3.05, 3.63) is 370 Å². The molecule has 11 aromatic carbocycles. The highest BCUT2D eigenvalue weighted by Crippen LogP contribution is 2.36. The molecule has 0 unspecified atom stereocenters. The molecule has 9 heteroatoms. The minimum absolute atomic E-state index is 0.867. The number of nitrogens with zero attached hydrogens (tertiary/aromatic N) is 9. The molecule has 0 atom stereocenters. The van der Waals surface area contributed by atoms with Gasteiger partial charge in [0.25, 0.3) is 0 Å². The molecule has 20 aromatic rings. The summed E-state index contributed by atoms with van der Waals surface area (Å²) < 4.78 is 0. The van der Waals surface area contributed by atoms with Gasteiger partial charge in [-0.2, -0.15) is 0 Å². The maximum Gasteiger partial charge on any atom is 0.0893 e. The van der Waals surface area contributed by atoms with Crippen LogP contribution in [0.5, 0.6) is 0 Å². The van der Waals surface area contributed by atoms with E-state index in [1.165, 1.54) is 49.4 Å². The third kappa shape index (κ3) is 12.9. The Bertz CT molecular complexity index is 6480. The van der Waals surface area contributed by atoms with Gasteiger partial charge in [-0.05, 0) is 170 Å². The van der Waals surface area contributed by atoms with Crippen LogP contribution in [-0.4, -0.2) is 44.9 Å². The van der Waals surface area contributed by atoms with Crippen molar-refractivity contribution in [3.63, 3.8) is 0 Å². The Hall–Kier alpha value is -14.2. The topological polar surface area (TPSA) is 116 Å². The Labute approximate surface area is 600 Å². The third-order valence-corrected chi connectivity index (χ3v) is 19.1. The Balaban J connectivity index is 0.000000111. The van der Waals surface area contributed by atoms with Gasteiger partial charge in [0.15, 0.2) is 0 Å². The van der Waals surface area contributed by atoms with Crippen LogP contribution in [-0.2, 0) is 0 Å². The largest absolute Gasteiger partial charge is 0.255 e. The fraction of sp³-hybridized carbons (Fsp3) is 0. The van der Waals surface area contributed by atoms with E-state index in [0.717, 1.165) is 139 Å². The molecule has 0 N–H and O–H groups in total. The Morgan fingerprint density at radius 1 is 0.144 bits per heavy atom. The molecular formula is C95H61N9. The van der Waals surface area contributed by atoms with Crippen LogP contribution in [0.15, 0.2) is 370 Å². The van der Waals surface area contributed by atoms with E-state index < -0.39 is 0 Å². The van der Waals surface area contributed by atoms with Crippen molar-refractivity contribution >= 4 is 87.0 Å². The van der Waals surface area contributed by atoms with E-state index in [2.05, 4.69) is 288 Å². The van der Waals surface area contributed by atoms with Crippen LogP contribution in [0.1, 0.15) is 0 Å². The van der Waals surface area contributed by atoms with Crippen molar-refractivity contribution in [2.75, 3.05) is 0 Å². The normalized spacial score (nSPS) is 11.3. The van der Waals surface area contributed by atoms with Gasteiger partial charge in [0.2, 0.25) is 0 Å². The molecule has 0 bridgehead atoms. The van der Waals surface area contributed by atoms with Gasteiger partial charge >= 0.3 is 0 Å². The number of rotatable bonds is 9. The van der Waals surface area contributed by atoms with E-state index in [-0.39, 0.29) is 0 Å². The zero-order chi connectivity index (χ0) is 69.1. The summed E-state index contributed by atoms with van der Waals surface area (Å²) in [6.45, 7) is 0. The summed E-state index contributed by atoms with van der Waals surface area (Å²) in [5.74, 6) is 0. The van der Waals surface area contributed by atoms with Gasteiger partial charge in [-0.25, -0.2) is 29.9 Å². The molecule has 9 nitrogen and oxygen atoms in total. The number of hydrogen-bond donors (Lipinski definition) is 0. The molecule has 9 aromatic heterocycles. The highest BCUT2D eigenvalue weighted by molar-refractivity contribution is 6.00.